The molecular formula is C20H18N2O6. The minimum atomic E-state index is -0.852. The maximum absolute atomic E-state index is 12.9. The molecule has 3 rings (SSSR count). The zero-order chi connectivity index (χ0) is 20.4. The normalized spacial score (nSPS) is 13.8. The maximum Gasteiger partial charge on any atom is 0.301 e. The molecular weight excluding hydrogens is 364 g/mol. The third kappa shape index (κ3) is 3.27. The third-order valence-corrected chi connectivity index (χ3v) is 4.18. The van der Waals surface area contributed by atoms with Gasteiger partial charge in [0.05, 0.1) is 25.5 Å². The van der Waals surface area contributed by atoms with Crippen LogP contribution >= 0.6 is 0 Å². The summed E-state index contributed by atoms with van der Waals surface area (Å²) >= 11 is 0. The highest BCUT2D eigenvalue weighted by molar-refractivity contribution is 6.45. The number of aliphatic hydroxyl groups excluding tert-OH is 1. The molecule has 0 unspecified atom stereocenters. The highest BCUT2D eigenvalue weighted by Gasteiger charge is 2.41. The van der Waals surface area contributed by atoms with E-state index < -0.39 is 17.6 Å². The predicted molar refractivity (Wildman–Crippen MR) is 102 cm³/mol. The van der Waals surface area contributed by atoms with Gasteiger partial charge in [0, 0.05) is 18.7 Å². The van der Waals surface area contributed by atoms with Gasteiger partial charge in [-0.1, -0.05) is 12.1 Å². The van der Waals surface area contributed by atoms with Crippen LogP contribution in [0.1, 0.15) is 12.5 Å². The maximum atomic E-state index is 12.9. The highest BCUT2D eigenvalue weighted by atomic mass is 16.5. The first kappa shape index (κ1) is 19.0. The van der Waals surface area contributed by atoms with Crippen molar-refractivity contribution in [3.8, 4) is 11.5 Å². The first-order chi connectivity index (χ1) is 13.4. The van der Waals surface area contributed by atoms with E-state index in [0.29, 0.717) is 17.0 Å². The van der Waals surface area contributed by atoms with Gasteiger partial charge >= 0.3 is 5.91 Å². The Labute approximate surface area is 161 Å². The van der Waals surface area contributed by atoms with Crippen molar-refractivity contribution in [3.63, 3.8) is 0 Å². The molecule has 1 aliphatic heterocycles. The second-order valence-corrected chi connectivity index (χ2v) is 5.97. The van der Waals surface area contributed by atoms with E-state index >= 15 is 0 Å². The number of hydrogen-bond acceptors (Lipinski definition) is 6. The molecule has 0 spiro atoms. The van der Waals surface area contributed by atoms with E-state index in [1.165, 1.54) is 45.4 Å². The number of nitrogens with one attached hydrogen (secondary N) is 1. The van der Waals surface area contributed by atoms with E-state index in [1.54, 1.807) is 18.2 Å². The highest BCUT2D eigenvalue weighted by Crippen LogP contribution is 2.38. The average molecular weight is 382 g/mol. The number of anilines is 2. The van der Waals surface area contributed by atoms with Crippen LogP contribution in [0.3, 0.4) is 0 Å². The van der Waals surface area contributed by atoms with Crippen LogP contribution in [0.4, 0.5) is 11.4 Å². The summed E-state index contributed by atoms with van der Waals surface area (Å²) in [6.07, 6.45) is 0. The number of ether oxygens (including phenoxy) is 2. The number of carbonyl (C=O) groups excluding carboxylic acids is 3. The van der Waals surface area contributed by atoms with E-state index in [9.17, 15) is 19.5 Å². The first-order valence-electron chi connectivity index (χ1n) is 8.29. The van der Waals surface area contributed by atoms with Gasteiger partial charge in [-0.2, -0.15) is 0 Å². The zero-order valence-corrected chi connectivity index (χ0v) is 15.5. The fraction of sp³-hybridized carbons (Fsp3) is 0.150. The summed E-state index contributed by atoms with van der Waals surface area (Å²) in [6.45, 7) is 1.38. The van der Waals surface area contributed by atoms with E-state index in [1.807, 2.05) is 0 Å². The van der Waals surface area contributed by atoms with Crippen LogP contribution in [-0.4, -0.2) is 37.0 Å². The molecule has 1 aliphatic rings. The second-order valence-electron chi connectivity index (χ2n) is 5.97. The lowest BCUT2D eigenvalue weighted by Gasteiger charge is -2.18. The van der Waals surface area contributed by atoms with Crippen LogP contribution in [0.25, 0.3) is 5.57 Å². The molecule has 0 saturated heterocycles. The fourth-order valence-electron chi connectivity index (χ4n) is 2.89. The van der Waals surface area contributed by atoms with Gasteiger partial charge < -0.3 is 19.9 Å². The van der Waals surface area contributed by atoms with Crippen LogP contribution in [0.15, 0.2) is 48.2 Å². The molecule has 1 heterocycles. The number of aliphatic hydroxyl groups is 1. The van der Waals surface area contributed by atoms with Crippen molar-refractivity contribution in [1.82, 2.24) is 0 Å². The molecule has 0 aromatic heterocycles. The molecule has 0 bridgehead atoms. The number of amides is 3. The van der Waals surface area contributed by atoms with E-state index in [-0.39, 0.29) is 22.9 Å². The minimum Gasteiger partial charge on any atom is -0.502 e. The zero-order valence-electron chi connectivity index (χ0n) is 15.5. The number of nitrogens with zero attached hydrogens (tertiary/aromatic N) is 1. The van der Waals surface area contributed by atoms with Gasteiger partial charge in [-0.05, 0) is 29.8 Å². The lowest BCUT2D eigenvalue weighted by molar-refractivity contribution is -0.121. The van der Waals surface area contributed by atoms with Crippen molar-refractivity contribution < 1.29 is 29.0 Å². The quantitative estimate of drug-likeness (QED) is 0.770. The van der Waals surface area contributed by atoms with E-state index in [2.05, 4.69) is 5.32 Å². The standard InChI is InChI=1S/C20H18N2O6/c1-11(23)21-13-6-4-12(5-7-13)17-18(24)20(26)22(19(17)25)15-9-8-14(27-2)10-16(15)28-3/h4-10,24H,1-3H3,(H,21,23). The SMILES string of the molecule is COc1ccc(N2C(=O)C(O)=C(c3ccc(NC(C)=O)cc3)C2=O)c(OC)c1. The number of hydrogen-bond donors (Lipinski definition) is 2. The fourth-order valence-corrected chi connectivity index (χ4v) is 2.89. The number of benzene rings is 2. The molecule has 0 radical (unpaired) electrons. The molecule has 0 aliphatic carbocycles. The van der Waals surface area contributed by atoms with Gasteiger partial charge in [-0.15, -0.1) is 0 Å². The Hall–Kier alpha value is -3.81. The van der Waals surface area contributed by atoms with Crippen LogP contribution < -0.4 is 19.7 Å². The van der Waals surface area contributed by atoms with Crippen molar-refractivity contribution in [2.45, 2.75) is 6.92 Å². The van der Waals surface area contributed by atoms with Crippen molar-refractivity contribution >= 4 is 34.7 Å². The Morgan fingerprint density at radius 3 is 2.25 bits per heavy atom. The summed E-state index contributed by atoms with van der Waals surface area (Å²) in [7, 11) is 2.88. The molecule has 3 amide bonds. The largest absolute Gasteiger partial charge is 0.502 e. The molecule has 8 nitrogen and oxygen atoms in total. The van der Waals surface area contributed by atoms with Crippen molar-refractivity contribution in [1.29, 1.82) is 0 Å². The first-order valence-corrected chi connectivity index (χ1v) is 8.29. The number of methoxy groups -OCH3 is 2. The third-order valence-electron chi connectivity index (χ3n) is 4.18. The van der Waals surface area contributed by atoms with Gasteiger partial charge in [-0.25, -0.2) is 4.90 Å². The van der Waals surface area contributed by atoms with Gasteiger partial charge in [0.2, 0.25) is 5.91 Å². The summed E-state index contributed by atoms with van der Waals surface area (Å²) in [4.78, 5) is 37.5. The van der Waals surface area contributed by atoms with Crippen LogP contribution in [0.2, 0.25) is 0 Å². The molecule has 8 heteroatoms. The summed E-state index contributed by atoms with van der Waals surface area (Å²) in [5.74, 6) is -1.69. The molecule has 2 aromatic carbocycles. The minimum absolute atomic E-state index is 0.128. The summed E-state index contributed by atoms with van der Waals surface area (Å²) in [5, 5.41) is 12.9. The Morgan fingerprint density at radius 1 is 1.00 bits per heavy atom. The molecule has 144 valence electrons. The van der Waals surface area contributed by atoms with Gasteiger partial charge in [-0.3, -0.25) is 14.4 Å². The van der Waals surface area contributed by atoms with E-state index in [0.717, 1.165) is 4.90 Å². The van der Waals surface area contributed by atoms with Gasteiger partial charge in [0.1, 0.15) is 11.5 Å². The molecule has 0 fully saturated rings. The van der Waals surface area contributed by atoms with Crippen LogP contribution in [0, 0.1) is 0 Å². The lowest BCUT2D eigenvalue weighted by Crippen LogP contribution is -2.31. The summed E-state index contributed by atoms with van der Waals surface area (Å²) in [6, 6.07) is 10.8. The average Bonchev–Trinajstić information content (AvgIpc) is 2.90. The summed E-state index contributed by atoms with van der Waals surface area (Å²) in [5.41, 5.74) is 0.939. The van der Waals surface area contributed by atoms with Crippen LogP contribution in [-0.2, 0) is 14.4 Å². The molecule has 28 heavy (non-hydrogen) atoms. The second kappa shape index (κ2) is 7.43. The molecule has 0 atom stereocenters. The number of carbonyl (C=O) groups is 3. The Morgan fingerprint density at radius 2 is 1.68 bits per heavy atom. The topological polar surface area (TPSA) is 105 Å². The van der Waals surface area contributed by atoms with Crippen molar-refractivity contribution in [3.05, 3.63) is 53.8 Å². The van der Waals surface area contributed by atoms with Crippen molar-refractivity contribution in [2.75, 3.05) is 24.4 Å². The Kier molecular flexibility index (Phi) is 5.04. The van der Waals surface area contributed by atoms with Crippen LogP contribution in [0.5, 0.6) is 11.5 Å². The molecule has 2 N–H and O–H groups in total. The van der Waals surface area contributed by atoms with Gasteiger partial charge in [0.15, 0.2) is 5.76 Å². The molecule has 0 saturated carbocycles. The lowest BCUT2D eigenvalue weighted by atomic mass is 10.0. The number of rotatable bonds is 5. The van der Waals surface area contributed by atoms with E-state index in [4.69, 9.17) is 9.47 Å². The Bertz CT molecular complexity index is 994. The summed E-state index contributed by atoms with van der Waals surface area (Å²) < 4.78 is 10.4. The smallest absolute Gasteiger partial charge is 0.301 e. The number of imide groups is 1. The van der Waals surface area contributed by atoms with Gasteiger partial charge in [0.25, 0.3) is 5.91 Å². The van der Waals surface area contributed by atoms with Crippen molar-refractivity contribution in [2.24, 2.45) is 0 Å². The predicted octanol–water partition coefficient (Wildman–Crippen LogP) is 2.50. The Balaban J connectivity index is 1.98. The molecule has 2 aromatic rings. The monoisotopic (exact) mass is 382 g/mol.